The Morgan fingerprint density at radius 3 is 2.09 bits per heavy atom. The van der Waals surface area contributed by atoms with E-state index in [1.54, 1.807) is 0 Å². The van der Waals surface area contributed by atoms with E-state index in [1.807, 2.05) is 24.3 Å². The predicted octanol–water partition coefficient (Wildman–Crippen LogP) is 4.89. The molecule has 2 aromatic carbocycles. The fraction of sp³-hybridized carbons (Fsp3) is 0.350. The Kier molecular flexibility index (Phi) is 5.84. The van der Waals surface area contributed by atoms with Gasteiger partial charge in [-0.2, -0.15) is 0 Å². The van der Waals surface area contributed by atoms with Crippen molar-refractivity contribution < 1.29 is 4.79 Å². The Morgan fingerprint density at radius 2 is 1.52 bits per heavy atom. The second kappa shape index (κ2) is 7.65. The van der Waals surface area contributed by atoms with Gasteiger partial charge < -0.3 is 5.32 Å². The van der Waals surface area contributed by atoms with Crippen LogP contribution in [0.4, 0.5) is 0 Å². The van der Waals surface area contributed by atoms with Gasteiger partial charge in [0.25, 0.3) is 0 Å². The van der Waals surface area contributed by atoms with Gasteiger partial charge in [-0.05, 0) is 40.7 Å². The predicted molar refractivity (Wildman–Crippen MR) is 96.8 cm³/mol. The van der Waals surface area contributed by atoms with E-state index >= 15 is 0 Å². The minimum atomic E-state index is 0.0693. The number of aryl methyl sites for hydroxylation is 1. The maximum absolute atomic E-state index is 11.9. The summed E-state index contributed by atoms with van der Waals surface area (Å²) in [5, 5.41) is 3.65. The van der Waals surface area contributed by atoms with Gasteiger partial charge in [0.1, 0.15) is 0 Å². The summed E-state index contributed by atoms with van der Waals surface area (Å²) in [6.45, 7) is 7.14. The summed E-state index contributed by atoms with van der Waals surface area (Å²) < 4.78 is 0. The lowest BCUT2D eigenvalue weighted by Gasteiger charge is -2.19. The fourth-order valence-corrected chi connectivity index (χ4v) is 2.45. The van der Waals surface area contributed by atoms with Crippen LogP contribution in [-0.2, 0) is 23.2 Å². The van der Waals surface area contributed by atoms with E-state index in [1.165, 1.54) is 11.1 Å². The number of nitrogens with one attached hydrogen (secondary N) is 1. The maximum Gasteiger partial charge on any atom is 0.220 e. The standard InChI is InChI=1S/C20H24ClNO/c1-20(2,3)17-9-4-15(5-10-17)8-13-19(23)22-14-16-6-11-18(21)12-7-16/h4-7,9-12H,8,13-14H2,1-3H3,(H,22,23). The van der Waals surface area contributed by atoms with Crippen LogP contribution in [0.1, 0.15) is 43.9 Å². The summed E-state index contributed by atoms with van der Waals surface area (Å²) in [5.41, 5.74) is 3.72. The molecule has 0 heterocycles. The van der Waals surface area contributed by atoms with E-state index in [0.29, 0.717) is 18.0 Å². The van der Waals surface area contributed by atoms with Crippen molar-refractivity contribution in [3.63, 3.8) is 0 Å². The highest BCUT2D eigenvalue weighted by atomic mass is 35.5. The quantitative estimate of drug-likeness (QED) is 0.831. The second-order valence-corrected chi connectivity index (χ2v) is 7.29. The van der Waals surface area contributed by atoms with Crippen LogP contribution >= 0.6 is 11.6 Å². The normalized spacial score (nSPS) is 11.3. The van der Waals surface area contributed by atoms with Crippen LogP contribution in [0.25, 0.3) is 0 Å². The Balaban J connectivity index is 1.79. The highest BCUT2D eigenvalue weighted by Crippen LogP contribution is 2.22. The number of halogens is 1. The molecule has 0 spiro atoms. The van der Waals surface area contributed by atoms with Gasteiger partial charge in [-0.15, -0.1) is 0 Å². The van der Waals surface area contributed by atoms with Crippen LogP contribution in [-0.4, -0.2) is 5.91 Å². The molecule has 2 nitrogen and oxygen atoms in total. The van der Waals surface area contributed by atoms with E-state index < -0.39 is 0 Å². The first kappa shape index (κ1) is 17.6. The Hall–Kier alpha value is -1.80. The lowest BCUT2D eigenvalue weighted by molar-refractivity contribution is -0.121. The van der Waals surface area contributed by atoms with Crippen LogP contribution in [0, 0.1) is 0 Å². The molecule has 0 saturated carbocycles. The van der Waals surface area contributed by atoms with Gasteiger partial charge in [-0.25, -0.2) is 0 Å². The number of rotatable bonds is 5. The van der Waals surface area contributed by atoms with E-state index in [4.69, 9.17) is 11.6 Å². The van der Waals surface area contributed by atoms with Gasteiger partial charge in [0, 0.05) is 18.0 Å². The van der Waals surface area contributed by atoms with Crippen LogP contribution in [0.3, 0.4) is 0 Å². The zero-order valence-corrected chi connectivity index (χ0v) is 14.8. The smallest absolute Gasteiger partial charge is 0.220 e. The average Bonchev–Trinajstić information content (AvgIpc) is 2.52. The minimum Gasteiger partial charge on any atom is -0.352 e. The largest absolute Gasteiger partial charge is 0.352 e. The minimum absolute atomic E-state index is 0.0693. The number of carbonyl (C=O) groups excluding carboxylic acids is 1. The maximum atomic E-state index is 11.9. The van der Waals surface area contributed by atoms with E-state index in [9.17, 15) is 4.79 Å². The summed E-state index contributed by atoms with van der Waals surface area (Å²) in [7, 11) is 0. The Morgan fingerprint density at radius 1 is 0.957 bits per heavy atom. The first-order valence-electron chi connectivity index (χ1n) is 7.95. The SMILES string of the molecule is CC(C)(C)c1ccc(CCC(=O)NCc2ccc(Cl)cc2)cc1. The van der Waals surface area contributed by atoms with Gasteiger partial charge in [-0.3, -0.25) is 4.79 Å². The zero-order valence-electron chi connectivity index (χ0n) is 14.0. The molecule has 0 bridgehead atoms. The van der Waals surface area contributed by atoms with Crippen molar-refractivity contribution in [3.05, 3.63) is 70.2 Å². The summed E-state index contributed by atoms with van der Waals surface area (Å²) >= 11 is 5.84. The molecule has 0 aliphatic rings. The molecule has 2 rings (SSSR count). The Bertz CT molecular complexity index is 639. The fourth-order valence-electron chi connectivity index (χ4n) is 2.32. The summed E-state index contributed by atoms with van der Waals surface area (Å²) in [4.78, 5) is 11.9. The number of hydrogen-bond acceptors (Lipinski definition) is 1. The van der Waals surface area contributed by atoms with Crippen molar-refractivity contribution >= 4 is 17.5 Å². The van der Waals surface area contributed by atoms with Crippen molar-refractivity contribution in [2.45, 2.75) is 45.6 Å². The molecule has 122 valence electrons. The molecule has 0 aromatic heterocycles. The van der Waals surface area contributed by atoms with Crippen molar-refractivity contribution in [2.24, 2.45) is 0 Å². The molecule has 0 unspecified atom stereocenters. The van der Waals surface area contributed by atoms with Gasteiger partial charge in [0.15, 0.2) is 0 Å². The van der Waals surface area contributed by atoms with Crippen molar-refractivity contribution in [3.8, 4) is 0 Å². The van der Waals surface area contributed by atoms with Gasteiger partial charge in [0.05, 0.1) is 0 Å². The number of hydrogen-bond donors (Lipinski definition) is 1. The molecular weight excluding hydrogens is 306 g/mol. The van der Waals surface area contributed by atoms with Gasteiger partial charge >= 0.3 is 0 Å². The number of amides is 1. The van der Waals surface area contributed by atoms with Gasteiger partial charge in [-0.1, -0.05) is 68.8 Å². The number of benzene rings is 2. The van der Waals surface area contributed by atoms with Crippen molar-refractivity contribution in [1.29, 1.82) is 0 Å². The van der Waals surface area contributed by atoms with Crippen LogP contribution in [0.2, 0.25) is 5.02 Å². The van der Waals surface area contributed by atoms with Crippen molar-refractivity contribution in [1.82, 2.24) is 5.32 Å². The molecule has 0 aliphatic heterocycles. The first-order valence-corrected chi connectivity index (χ1v) is 8.33. The van der Waals surface area contributed by atoms with Crippen molar-refractivity contribution in [2.75, 3.05) is 0 Å². The molecule has 0 saturated heterocycles. The molecule has 1 amide bonds. The molecule has 23 heavy (non-hydrogen) atoms. The summed E-state index contributed by atoms with van der Waals surface area (Å²) in [6.07, 6.45) is 1.26. The third kappa shape index (κ3) is 5.72. The molecule has 1 N–H and O–H groups in total. The molecule has 2 aromatic rings. The zero-order chi connectivity index (χ0) is 16.9. The highest BCUT2D eigenvalue weighted by Gasteiger charge is 2.12. The lowest BCUT2D eigenvalue weighted by atomic mass is 9.86. The lowest BCUT2D eigenvalue weighted by Crippen LogP contribution is -2.23. The molecular formula is C20H24ClNO. The third-order valence-corrected chi connectivity index (χ3v) is 4.12. The van der Waals surface area contributed by atoms with Crippen LogP contribution in [0.15, 0.2) is 48.5 Å². The highest BCUT2D eigenvalue weighted by molar-refractivity contribution is 6.30. The third-order valence-electron chi connectivity index (χ3n) is 3.86. The molecule has 0 atom stereocenters. The van der Waals surface area contributed by atoms with E-state index in [0.717, 1.165) is 12.0 Å². The van der Waals surface area contributed by atoms with Crippen LogP contribution < -0.4 is 5.32 Å². The molecule has 0 radical (unpaired) electrons. The molecule has 0 fully saturated rings. The van der Waals surface area contributed by atoms with E-state index in [-0.39, 0.29) is 11.3 Å². The summed E-state index contributed by atoms with van der Waals surface area (Å²) in [6, 6.07) is 16.1. The Labute approximate surface area is 143 Å². The monoisotopic (exact) mass is 329 g/mol. The molecule has 0 aliphatic carbocycles. The second-order valence-electron chi connectivity index (χ2n) is 6.85. The summed E-state index contributed by atoms with van der Waals surface area (Å²) in [5.74, 6) is 0.0693. The average molecular weight is 330 g/mol. The van der Waals surface area contributed by atoms with Crippen LogP contribution in [0.5, 0.6) is 0 Å². The first-order chi connectivity index (χ1) is 10.8. The molecule has 3 heteroatoms. The van der Waals surface area contributed by atoms with Gasteiger partial charge in [0.2, 0.25) is 5.91 Å². The topological polar surface area (TPSA) is 29.1 Å². The van der Waals surface area contributed by atoms with E-state index in [2.05, 4.69) is 50.4 Å². The number of carbonyl (C=O) groups is 1.